The molecule has 0 saturated carbocycles. The molecule has 3 aliphatic heterocycles. The van der Waals surface area contributed by atoms with Crippen LogP contribution in [0.15, 0.2) is 66.7 Å². The molecular weight excluding hydrogens is 386 g/mol. The number of hydrogen-bond donors (Lipinski definition) is 0. The molecule has 4 heteroatoms. The van der Waals surface area contributed by atoms with Gasteiger partial charge in [-0.15, -0.1) is 0 Å². The first-order valence-corrected chi connectivity index (χ1v) is 11.6. The summed E-state index contributed by atoms with van der Waals surface area (Å²) in [7, 11) is 0. The first-order chi connectivity index (χ1) is 15.1. The smallest absolute Gasteiger partial charge is 0.244 e. The molecule has 2 aromatic carbocycles. The standard InChI is InChI=1S/C27H31NO3/c1-3-15-25(16-4-2)20-26-19-23(21-11-7-5-8-12-21)30-27(26,31-25)17-18-28(24(26)29)22-13-9-6-10-14-22/h5-14,19H,3-4,15-18,20H2,1-2H3. The van der Waals surface area contributed by atoms with Gasteiger partial charge in [0.15, 0.2) is 0 Å². The van der Waals surface area contributed by atoms with Gasteiger partial charge in [-0.05, 0) is 31.1 Å². The molecule has 4 nitrogen and oxygen atoms in total. The molecule has 162 valence electrons. The number of hydrogen-bond acceptors (Lipinski definition) is 3. The minimum absolute atomic E-state index is 0.102. The molecule has 0 bridgehead atoms. The van der Waals surface area contributed by atoms with Crippen LogP contribution in [0.2, 0.25) is 0 Å². The van der Waals surface area contributed by atoms with Crippen molar-refractivity contribution in [1.82, 2.24) is 0 Å². The summed E-state index contributed by atoms with van der Waals surface area (Å²) in [5.74, 6) is -0.0411. The van der Waals surface area contributed by atoms with Gasteiger partial charge in [-0.1, -0.05) is 75.2 Å². The Morgan fingerprint density at radius 1 is 0.935 bits per heavy atom. The first-order valence-electron chi connectivity index (χ1n) is 11.6. The van der Waals surface area contributed by atoms with Crippen molar-refractivity contribution in [3.8, 4) is 0 Å². The molecule has 2 unspecified atom stereocenters. The van der Waals surface area contributed by atoms with Crippen molar-refractivity contribution >= 4 is 17.4 Å². The maximum atomic E-state index is 14.2. The number of para-hydroxylation sites is 1. The summed E-state index contributed by atoms with van der Waals surface area (Å²) in [6.45, 7) is 4.98. The lowest BCUT2D eigenvalue weighted by atomic mass is 9.69. The number of benzene rings is 2. The summed E-state index contributed by atoms with van der Waals surface area (Å²) in [4.78, 5) is 16.1. The number of carbonyl (C=O) groups excluding carboxylic acids is 1. The third-order valence-corrected chi connectivity index (χ3v) is 7.14. The van der Waals surface area contributed by atoms with Crippen molar-refractivity contribution in [3.63, 3.8) is 0 Å². The molecule has 0 aromatic heterocycles. The fraction of sp³-hybridized carbons (Fsp3) is 0.444. The van der Waals surface area contributed by atoms with Gasteiger partial charge in [0.05, 0.1) is 5.60 Å². The highest BCUT2D eigenvalue weighted by Crippen LogP contribution is 2.64. The highest BCUT2D eigenvalue weighted by molar-refractivity contribution is 6.02. The number of piperidine rings is 1. The van der Waals surface area contributed by atoms with Crippen molar-refractivity contribution in [2.24, 2.45) is 5.41 Å². The number of nitrogens with zero attached hydrogens (tertiary/aromatic N) is 1. The Labute approximate surface area is 184 Å². The first kappa shape index (κ1) is 20.3. The van der Waals surface area contributed by atoms with Gasteiger partial charge < -0.3 is 14.4 Å². The van der Waals surface area contributed by atoms with Crippen LogP contribution in [0.5, 0.6) is 0 Å². The molecule has 2 aromatic rings. The molecule has 0 spiro atoms. The van der Waals surface area contributed by atoms with E-state index in [1.807, 2.05) is 65.6 Å². The molecule has 0 aliphatic carbocycles. The summed E-state index contributed by atoms with van der Waals surface area (Å²) in [5.41, 5.74) is 0.832. The summed E-state index contributed by atoms with van der Waals surface area (Å²) in [5, 5.41) is 0. The van der Waals surface area contributed by atoms with Crippen LogP contribution < -0.4 is 4.90 Å². The lowest BCUT2D eigenvalue weighted by Crippen LogP contribution is -2.59. The SMILES string of the molecule is CCCC1(CCC)CC23C=C(c4ccccc4)OC2(CCN(c2ccccc2)C3=O)O1. The van der Waals surface area contributed by atoms with Crippen LogP contribution in [0.1, 0.15) is 57.9 Å². The molecule has 5 rings (SSSR count). The Morgan fingerprint density at radius 3 is 2.23 bits per heavy atom. The summed E-state index contributed by atoms with van der Waals surface area (Å²) in [6.07, 6.45) is 7.38. The lowest BCUT2D eigenvalue weighted by Gasteiger charge is -2.44. The van der Waals surface area contributed by atoms with Crippen LogP contribution in [0.3, 0.4) is 0 Å². The van der Waals surface area contributed by atoms with E-state index >= 15 is 0 Å². The Morgan fingerprint density at radius 2 is 1.58 bits per heavy atom. The lowest BCUT2D eigenvalue weighted by molar-refractivity contribution is -0.244. The van der Waals surface area contributed by atoms with Gasteiger partial charge >= 0.3 is 0 Å². The van der Waals surface area contributed by atoms with Gasteiger partial charge in [0.1, 0.15) is 11.2 Å². The number of amides is 1. The van der Waals surface area contributed by atoms with Crippen molar-refractivity contribution in [2.45, 2.75) is 63.8 Å². The second kappa shape index (κ2) is 7.52. The van der Waals surface area contributed by atoms with E-state index in [0.717, 1.165) is 42.7 Å². The molecule has 0 radical (unpaired) electrons. The zero-order chi connectivity index (χ0) is 21.5. The van der Waals surface area contributed by atoms with Crippen molar-refractivity contribution < 1.29 is 14.3 Å². The van der Waals surface area contributed by atoms with E-state index in [2.05, 4.69) is 19.9 Å². The zero-order valence-corrected chi connectivity index (χ0v) is 18.5. The third-order valence-electron chi connectivity index (χ3n) is 7.14. The van der Waals surface area contributed by atoms with Crippen molar-refractivity contribution in [2.75, 3.05) is 11.4 Å². The largest absolute Gasteiger partial charge is 0.460 e. The van der Waals surface area contributed by atoms with E-state index in [1.54, 1.807) is 0 Å². The molecule has 3 aliphatic rings. The van der Waals surface area contributed by atoms with Gasteiger partial charge in [-0.25, -0.2) is 0 Å². The summed E-state index contributed by atoms with van der Waals surface area (Å²) < 4.78 is 13.6. The molecule has 0 N–H and O–H groups in total. The highest BCUT2D eigenvalue weighted by atomic mass is 16.7. The van der Waals surface area contributed by atoms with Gasteiger partial charge in [-0.2, -0.15) is 0 Å². The summed E-state index contributed by atoms with van der Waals surface area (Å²) in [6, 6.07) is 20.1. The second-order valence-electron chi connectivity index (χ2n) is 9.21. The third kappa shape index (κ3) is 3.03. The average molecular weight is 418 g/mol. The normalized spacial score (nSPS) is 28.6. The molecular formula is C27H31NO3. The molecule has 2 saturated heterocycles. The Bertz CT molecular complexity index is 980. The Balaban J connectivity index is 1.62. The predicted octanol–water partition coefficient (Wildman–Crippen LogP) is 5.94. The topological polar surface area (TPSA) is 38.8 Å². The van der Waals surface area contributed by atoms with Crippen LogP contribution in [-0.4, -0.2) is 23.8 Å². The summed E-state index contributed by atoms with van der Waals surface area (Å²) >= 11 is 0. The second-order valence-corrected chi connectivity index (χ2v) is 9.21. The fourth-order valence-corrected chi connectivity index (χ4v) is 5.96. The molecule has 1 amide bonds. The number of anilines is 1. The molecule has 31 heavy (non-hydrogen) atoms. The van der Waals surface area contributed by atoms with Crippen LogP contribution in [0.25, 0.3) is 5.76 Å². The van der Waals surface area contributed by atoms with Gasteiger partial charge in [0.25, 0.3) is 0 Å². The Kier molecular flexibility index (Phi) is 4.93. The van der Waals surface area contributed by atoms with E-state index in [0.29, 0.717) is 19.4 Å². The minimum Gasteiger partial charge on any atom is -0.460 e. The number of rotatable bonds is 6. The Hall–Kier alpha value is -2.59. The monoisotopic (exact) mass is 417 g/mol. The van der Waals surface area contributed by atoms with Crippen molar-refractivity contribution in [3.05, 3.63) is 72.3 Å². The molecule has 3 heterocycles. The highest BCUT2D eigenvalue weighted by Gasteiger charge is 2.74. The van der Waals surface area contributed by atoms with Gasteiger partial charge in [0, 0.05) is 30.6 Å². The van der Waals surface area contributed by atoms with Crippen LogP contribution in [0.4, 0.5) is 5.69 Å². The molecule has 2 fully saturated rings. The van der Waals surface area contributed by atoms with Crippen LogP contribution in [0, 0.1) is 5.41 Å². The maximum absolute atomic E-state index is 14.2. The van der Waals surface area contributed by atoms with Crippen LogP contribution in [-0.2, 0) is 14.3 Å². The minimum atomic E-state index is -0.912. The fourth-order valence-electron chi connectivity index (χ4n) is 5.96. The van der Waals surface area contributed by atoms with E-state index < -0.39 is 11.2 Å². The van der Waals surface area contributed by atoms with Crippen LogP contribution >= 0.6 is 0 Å². The zero-order valence-electron chi connectivity index (χ0n) is 18.5. The predicted molar refractivity (Wildman–Crippen MR) is 122 cm³/mol. The maximum Gasteiger partial charge on any atom is 0.244 e. The van der Waals surface area contributed by atoms with E-state index in [-0.39, 0.29) is 11.5 Å². The van der Waals surface area contributed by atoms with Gasteiger partial charge in [0.2, 0.25) is 11.7 Å². The van der Waals surface area contributed by atoms with E-state index in [4.69, 9.17) is 9.47 Å². The van der Waals surface area contributed by atoms with Gasteiger partial charge in [-0.3, -0.25) is 4.79 Å². The number of ether oxygens (including phenoxy) is 2. The number of carbonyl (C=O) groups is 1. The van der Waals surface area contributed by atoms with E-state index in [1.165, 1.54) is 0 Å². The molecule has 2 atom stereocenters. The average Bonchev–Trinajstić information content (AvgIpc) is 3.24. The van der Waals surface area contributed by atoms with E-state index in [9.17, 15) is 4.79 Å². The van der Waals surface area contributed by atoms with Crippen molar-refractivity contribution in [1.29, 1.82) is 0 Å². The quantitative estimate of drug-likeness (QED) is 0.584.